The van der Waals surface area contributed by atoms with Gasteiger partial charge in [0.25, 0.3) is 5.91 Å². The van der Waals surface area contributed by atoms with Gasteiger partial charge in [0.15, 0.2) is 5.11 Å². The number of thiocarbonyl (C=S) groups is 1. The number of hydrogen-bond donors (Lipinski definition) is 3. The minimum Gasteiger partial charge on any atom is -0.358 e. The minimum atomic E-state index is -0.184. The van der Waals surface area contributed by atoms with Crippen LogP contribution in [0.5, 0.6) is 0 Å². The maximum absolute atomic E-state index is 12.0. The van der Waals surface area contributed by atoms with E-state index in [2.05, 4.69) is 23.1 Å². The number of nitrogens with one attached hydrogen (secondary N) is 3. The number of benzene rings is 1. The molecule has 1 aliphatic carbocycles. The number of hydrogen-bond acceptors (Lipinski definition) is 2. The van der Waals surface area contributed by atoms with E-state index in [9.17, 15) is 4.79 Å². The van der Waals surface area contributed by atoms with E-state index in [-0.39, 0.29) is 5.91 Å². The van der Waals surface area contributed by atoms with Crippen molar-refractivity contribution in [3.63, 3.8) is 0 Å². The van der Waals surface area contributed by atoms with Gasteiger partial charge in [0, 0.05) is 11.6 Å². The average molecular weight is 305 g/mol. The monoisotopic (exact) mass is 305 g/mol. The zero-order valence-corrected chi connectivity index (χ0v) is 13.4. The molecular weight excluding hydrogens is 282 g/mol. The number of carbonyl (C=O) groups is 1. The van der Waals surface area contributed by atoms with Crippen molar-refractivity contribution in [2.24, 2.45) is 5.92 Å². The van der Waals surface area contributed by atoms with E-state index >= 15 is 0 Å². The Balaban J connectivity index is 1.78. The normalized spacial score (nSPS) is 21.4. The van der Waals surface area contributed by atoms with Crippen molar-refractivity contribution in [2.45, 2.75) is 45.6 Å². The Hall–Kier alpha value is -1.62. The van der Waals surface area contributed by atoms with Crippen LogP contribution in [0.3, 0.4) is 0 Å². The number of aryl methyl sites for hydroxylation is 1. The number of amides is 1. The van der Waals surface area contributed by atoms with Gasteiger partial charge < -0.3 is 5.32 Å². The van der Waals surface area contributed by atoms with E-state index in [4.69, 9.17) is 12.2 Å². The Morgan fingerprint density at radius 2 is 1.81 bits per heavy atom. The first kappa shape index (κ1) is 15.8. The van der Waals surface area contributed by atoms with Crippen LogP contribution in [0.2, 0.25) is 0 Å². The second-order valence-corrected chi connectivity index (χ2v) is 6.20. The fraction of sp³-hybridized carbons (Fsp3) is 0.500. The van der Waals surface area contributed by atoms with Crippen molar-refractivity contribution in [3.05, 3.63) is 35.4 Å². The molecule has 1 amide bonds. The molecular formula is C16H23N3OS. The van der Waals surface area contributed by atoms with Gasteiger partial charge in [0.2, 0.25) is 0 Å². The van der Waals surface area contributed by atoms with Crippen LogP contribution >= 0.6 is 12.2 Å². The standard InChI is InChI=1S/C16H23N3OS/c1-11-7-9-13(10-8-11)15(20)18-19-16(21)17-14-6-4-3-5-12(14)2/h7-10,12,14H,3-6H2,1-2H3,(H,18,20)(H2,17,19,21)/t12-,14-/m0/s1. The van der Waals surface area contributed by atoms with E-state index in [0.29, 0.717) is 22.6 Å². The third-order valence-electron chi connectivity index (χ3n) is 4.03. The highest BCUT2D eigenvalue weighted by molar-refractivity contribution is 7.80. The molecule has 0 saturated heterocycles. The van der Waals surface area contributed by atoms with Gasteiger partial charge in [-0.3, -0.25) is 15.6 Å². The molecule has 3 N–H and O–H groups in total. The van der Waals surface area contributed by atoms with Crippen LogP contribution < -0.4 is 16.2 Å². The summed E-state index contributed by atoms with van der Waals surface area (Å²) in [5.74, 6) is 0.433. The number of carbonyl (C=O) groups excluding carboxylic acids is 1. The summed E-state index contributed by atoms with van der Waals surface area (Å²) in [4.78, 5) is 12.0. The van der Waals surface area contributed by atoms with Gasteiger partial charge in [0.05, 0.1) is 0 Å². The molecule has 1 fully saturated rings. The fourth-order valence-corrected chi connectivity index (χ4v) is 2.83. The Morgan fingerprint density at radius 1 is 1.14 bits per heavy atom. The molecule has 5 heteroatoms. The quantitative estimate of drug-likeness (QED) is 0.581. The highest BCUT2D eigenvalue weighted by Gasteiger charge is 2.21. The lowest BCUT2D eigenvalue weighted by Gasteiger charge is -2.30. The van der Waals surface area contributed by atoms with Crippen molar-refractivity contribution in [1.82, 2.24) is 16.2 Å². The summed E-state index contributed by atoms with van der Waals surface area (Å²) in [5, 5.41) is 3.77. The Labute approximate surface area is 131 Å². The maximum Gasteiger partial charge on any atom is 0.269 e. The third-order valence-corrected chi connectivity index (χ3v) is 4.25. The summed E-state index contributed by atoms with van der Waals surface area (Å²) in [6, 6.07) is 7.82. The molecule has 114 valence electrons. The van der Waals surface area contributed by atoms with Crippen LogP contribution in [-0.2, 0) is 0 Å². The average Bonchev–Trinajstić information content (AvgIpc) is 2.48. The van der Waals surface area contributed by atoms with Gasteiger partial charge in [-0.15, -0.1) is 0 Å². The highest BCUT2D eigenvalue weighted by Crippen LogP contribution is 2.23. The van der Waals surface area contributed by atoms with Crippen molar-refractivity contribution < 1.29 is 4.79 Å². The van der Waals surface area contributed by atoms with Gasteiger partial charge in [-0.05, 0) is 50.0 Å². The van der Waals surface area contributed by atoms with E-state index in [1.54, 1.807) is 12.1 Å². The Morgan fingerprint density at radius 3 is 2.48 bits per heavy atom. The summed E-state index contributed by atoms with van der Waals surface area (Å²) in [6.45, 7) is 4.23. The first-order valence-corrected chi connectivity index (χ1v) is 7.90. The predicted octanol–water partition coefficient (Wildman–Crippen LogP) is 2.68. The molecule has 0 aliphatic heterocycles. The van der Waals surface area contributed by atoms with Crippen LogP contribution in [0, 0.1) is 12.8 Å². The first-order valence-electron chi connectivity index (χ1n) is 7.50. The Kier molecular flexibility index (Phi) is 5.56. The van der Waals surface area contributed by atoms with Crippen molar-refractivity contribution >= 4 is 23.2 Å². The molecule has 0 spiro atoms. The smallest absolute Gasteiger partial charge is 0.269 e. The second-order valence-electron chi connectivity index (χ2n) is 5.79. The molecule has 0 bridgehead atoms. The molecule has 2 atom stereocenters. The fourth-order valence-electron chi connectivity index (χ4n) is 2.63. The van der Waals surface area contributed by atoms with Crippen LogP contribution in [0.15, 0.2) is 24.3 Å². The van der Waals surface area contributed by atoms with Gasteiger partial charge in [-0.25, -0.2) is 0 Å². The van der Waals surface area contributed by atoms with Crippen molar-refractivity contribution in [2.75, 3.05) is 0 Å². The number of rotatable bonds is 2. The van der Waals surface area contributed by atoms with Crippen LogP contribution in [0.1, 0.15) is 48.5 Å². The van der Waals surface area contributed by atoms with Gasteiger partial charge in [0.1, 0.15) is 0 Å². The minimum absolute atomic E-state index is 0.184. The van der Waals surface area contributed by atoms with Gasteiger partial charge in [-0.2, -0.15) is 0 Å². The van der Waals surface area contributed by atoms with Crippen LogP contribution in [-0.4, -0.2) is 17.1 Å². The third kappa shape index (κ3) is 4.70. The predicted molar refractivity (Wildman–Crippen MR) is 88.9 cm³/mol. The lowest BCUT2D eigenvalue weighted by molar-refractivity contribution is 0.0943. The Bertz CT molecular complexity index is 501. The zero-order valence-electron chi connectivity index (χ0n) is 12.6. The SMILES string of the molecule is Cc1ccc(C(=O)NNC(=S)N[C@H]2CCCC[C@@H]2C)cc1. The summed E-state index contributed by atoms with van der Waals surface area (Å²) < 4.78 is 0. The molecule has 0 aromatic heterocycles. The first-order chi connectivity index (χ1) is 10.1. The molecule has 1 aliphatic rings. The molecule has 21 heavy (non-hydrogen) atoms. The summed E-state index contributed by atoms with van der Waals surface area (Å²) >= 11 is 5.24. The van der Waals surface area contributed by atoms with Crippen molar-refractivity contribution in [3.8, 4) is 0 Å². The summed E-state index contributed by atoms with van der Waals surface area (Å²) in [7, 11) is 0. The summed E-state index contributed by atoms with van der Waals surface area (Å²) in [5.41, 5.74) is 7.15. The number of hydrazine groups is 1. The molecule has 4 nitrogen and oxygen atoms in total. The molecule has 0 unspecified atom stereocenters. The molecule has 1 aromatic rings. The second kappa shape index (κ2) is 7.41. The highest BCUT2D eigenvalue weighted by atomic mass is 32.1. The van der Waals surface area contributed by atoms with Crippen LogP contribution in [0.4, 0.5) is 0 Å². The van der Waals surface area contributed by atoms with Crippen molar-refractivity contribution in [1.29, 1.82) is 0 Å². The lowest BCUT2D eigenvalue weighted by Crippen LogP contribution is -2.51. The van der Waals surface area contributed by atoms with Crippen LogP contribution in [0.25, 0.3) is 0 Å². The topological polar surface area (TPSA) is 53.2 Å². The van der Waals surface area contributed by atoms with Gasteiger partial charge >= 0.3 is 0 Å². The molecule has 0 radical (unpaired) electrons. The van der Waals surface area contributed by atoms with E-state index in [1.807, 2.05) is 19.1 Å². The lowest BCUT2D eigenvalue weighted by atomic mass is 9.86. The van der Waals surface area contributed by atoms with Gasteiger partial charge in [-0.1, -0.05) is 37.5 Å². The van der Waals surface area contributed by atoms with E-state index in [0.717, 1.165) is 12.0 Å². The zero-order chi connectivity index (χ0) is 15.2. The maximum atomic E-state index is 12.0. The van der Waals surface area contributed by atoms with E-state index < -0.39 is 0 Å². The molecule has 0 heterocycles. The largest absolute Gasteiger partial charge is 0.358 e. The molecule has 2 rings (SSSR count). The summed E-state index contributed by atoms with van der Waals surface area (Å²) in [6.07, 6.45) is 4.90. The van der Waals surface area contributed by atoms with E-state index in [1.165, 1.54) is 19.3 Å². The molecule has 1 aromatic carbocycles. The molecule has 1 saturated carbocycles.